The van der Waals surface area contributed by atoms with Crippen molar-refractivity contribution in [1.82, 2.24) is 14.8 Å². The summed E-state index contributed by atoms with van der Waals surface area (Å²) in [6.07, 6.45) is 1.54. The summed E-state index contributed by atoms with van der Waals surface area (Å²) < 4.78 is 1.70. The molecule has 0 bridgehead atoms. The van der Waals surface area contributed by atoms with Crippen molar-refractivity contribution in [3.63, 3.8) is 0 Å². The SMILES string of the molecule is CC(=O)c1ccc(Sc2nncn2C)cc1[N+](=O)[O-]. The molecule has 0 spiro atoms. The first-order chi connectivity index (χ1) is 8.99. The largest absolute Gasteiger partial charge is 0.311 e. The smallest absolute Gasteiger partial charge is 0.281 e. The minimum absolute atomic E-state index is 0.104. The number of hydrogen-bond donors (Lipinski definition) is 0. The second kappa shape index (κ2) is 5.19. The lowest BCUT2D eigenvalue weighted by Crippen LogP contribution is -2.00. The van der Waals surface area contributed by atoms with Crippen LogP contribution in [0.4, 0.5) is 5.69 Å². The highest BCUT2D eigenvalue weighted by atomic mass is 32.2. The van der Waals surface area contributed by atoms with Crippen LogP contribution in [0.3, 0.4) is 0 Å². The molecule has 2 rings (SSSR count). The van der Waals surface area contributed by atoms with Gasteiger partial charge in [0, 0.05) is 18.0 Å². The number of carbonyl (C=O) groups is 1. The first-order valence-electron chi connectivity index (χ1n) is 5.30. The molecule has 0 saturated carbocycles. The van der Waals surface area contributed by atoms with Crippen molar-refractivity contribution >= 4 is 23.2 Å². The lowest BCUT2D eigenvalue weighted by atomic mass is 10.1. The minimum Gasteiger partial charge on any atom is -0.311 e. The Hall–Kier alpha value is -2.22. The fourth-order valence-corrected chi connectivity index (χ4v) is 2.29. The number of aromatic nitrogens is 3. The number of hydrogen-bond acceptors (Lipinski definition) is 6. The van der Waals surface area contributed by atoms with Crippen molar-refractivity contribution in [2.45, 2.75) is 17.0 Å². The number of aryl methyl sites for hydroxylation is 1. The van der Waals surface area contributed by atoms with Gasteiger partial charge in [0.2, 0.25) is 0 Å². The van der Waals surface area contributed by atoms with Gasteiger partial charge in [-0.3, -0.25) is 14.9 Å². The minimum atomic E-state index is -0.558. The summed E-state index contributed by atoms with van der Waals surface area (Å²) in [6.45, 7) is 1.30. The highest BCUT2D eigenvalue weighted by Gasteiger charge is 2.18. The molecule has 0 aliphatic carbocycles. The normalized spacial score (nSPS) is 10.4. The van der Waals surface area contributed by atoms with Gasteiger partial charge in [-0.25, -0.2) is 0 Å². The Morgan fingerprint density at radius 3 is 2.74 bits per heavy atom. The quantitative estimate of drug-likeness (QED) is 0.483. The van der Waals surface area contributed by atoms with E-state index >= 15 is 0 Å². The monoisotopic (exact) mass is 278 g/mol. The highest BCUT2D eigenvalue weighted by molar-refractivity contribution is 7.99. The fraction of sp³-hybridized carbons (Fsp3) is 0.182. The van der Waals surface area contributed by atoms with Crippen LogP contribution in [0.15, 0.2) is 34.6 Å². The van der Waals surface area contributed by atoms with Crippen LogP contribution in [-0.2, 0) is 7.05 Å². The van der Waals surface area contributed by atoms with Gasteiger partial charge in [-0.1, -0.05) is 0 Å². The number of nitro benzene ring substituents is 1. The van der Waals surface area contributed by atoms with Gasteiger partial charge in [0.1, 0.15) is 6.33 Å². The van der Waals surface area contributed by atoms with E-state index in [0.29, 0.717) is 10.1 Å². The maximum Gasteiger partial charge on any atom is 0.281 e. The molecule has 0 radical (unpaired) electrons. The van der Waals surface area contributed by atoms with Crippen LogP contribution in [0, 0.1) is 10.1 Å². The predicted molar refractivity (Wildman–Crippen MR) is 68.2 cm³/mol. The molecule has 0 atom stereocenters. The summed E-state index contributed by atoms with van der Waals surface area (Å²) in [5, 5.41) is 19.2. The molecule has 0 saturated heterocycles. The lowest BCUT2D eigenvalue weighted by molar-refractivity contribution is -0.385. The van der Waals surface area contributed by atoms with Crippen LogP contribution in [0.5, 0.6) is 0 Å². The second-order valence-corrected chi connectivity index (χ2v) is 4.86. The molecule has 19 heavy (non-hydrogen) atoms. The van der Waals surface area contributed by atoms with Crippen molar-refractivity contribution in [1.29, 1.82) is 0 Å². The summed E-state index contributed by atoms with van der Waals surface area (Å²) in [4.78, 5) is 22.3. The third-order valence-electron chi connectivity index (χ3n) is 2.42. The first kappa shape index (κ1) is 13.2. The summed E-state index contributed by atoms with van der Waals surface area (Å²) in [7, 11) is 1.78. The zero-order valence-corrected chi connectivity index (χ0v) is 11.0. The zero-order valence-electron chi connectivity index (χ0n) is 10.2. The third-order valence-corrected chi connectivity index (χ3v) is 3.47. The molecule has 0 unspecified atom stereocenters. The van der Waals surface area contributed by atoms with Crippen LogP contribution in [0.25, 0.3) is 0 Å². The van der Waals surface area contributed by atoms with E-state index in [9.17, 15) is 14.9 Å². The Labute approximate surface area is 112 Å². The van der Waals surface area contributed by atoms with E-state index in [1.54, 1.807) is 24.0 Å². The maximum absolute atomic E-state index is 11.3. The van der Waals surface area contributed by atoms with Gasteiger partial charge >= 0.3 is 0 Å². The molecule has 98 valence electrons. The molecule has 1 aromatic carbocycles. The molecule has 1 heterocycles. The van der Waals surface area contributed by atoms with Crippen molar-refractivity contribution in [2.75, 3.05) is 0 Å². The van der Waals surface area contributed by atoms with Crippen LogP contribution >= 0.6 is 11.8 Å². The molecule has 1 aromatic heterocycles. The van der Waals surface area contributed by atoms with E-state index in [-0.39, 0.29) is 17.0 Å². The lowest BCUT2D eigenvalue weighted by Gasteiger charge is -2.03. The Bertz CT molecular complexity index is 653. The van der Waals surface area contributed by atoms with Crippen LogP contribution < -0.4 is 0 Å². The Balaban J connectivity index is 2.39. The van der Waals surface area contributed by atoms with Gasteiger partial charge in [-0.05, 0) is 30.8 Å². The second-order valence-electron chi connectivity index (χ2n) is 3.82. The molecule has 8 heteroatoms. The summed E-state index contributed by atoms with van der Waals surface area (Å²) in [6, 6.07) is 4.48. The molecule has 0 fully saturated rings. The third kappa shape index (κ3) is 2.79. The number of nitro groups is 1. The van der Waals surface area contributed by atoms with E-state index in [1.807, 2.05) is 0 Å². The summed E-state index contributed by atoms with van der Waals surface area (Å²) in [5.41, 5.74) is -0.0908. The van der Waals surface area contributed by atoms with E-state index < -0.39 is 4.92 Å². The van der Waals surface area contributed by atoms with E-state index in [4.69, 9.17) is 0 Å². The molecule has 0 amide bonds. The van der Waals surface area contributed by atoms with E-state index in [0.717, 1.165) is 0 Å². The van der Waals surface area contributed by atoms with Crippen LogP contribution in [0.2, 0.25) is 0 Å². The van der Waals surface area contributed by atoms with Crippen LogP contribution in [-0.4, -0.2) is 25.5 Å². The first-order valence-corrected chi connectivity index (χ1v) is 6.12. The molecular formula is C11H10N4O3S. The number of ketones is 1. The fourth-order valence-electron chi connectivity index (χ4n) is 1.49. The average molecular weight is 278 g/mol. The van der Waals surface area contributed by atoms with Gasteiger partial charge in [0.25, 0.3) is 5.69 Å². The standard InChI is InChI=1S/C11H10N4O3S/c1-7(16)9-4-3-8(5-10(9)15(17)18)19-11-13-12-6-14(11)2/h3-6H,1-2H3. The van der Waals surface area contributed by atoms with Gasteiger partial charge in [0.15, 0.2) is 10.9 Å². The van der Waals surface area contributed by atoms with E-state index in [1.165, 1.54) is 30.8 Å². The van der Waals surface area contributed by atoms with Crippen molar-refractivity contribution in [3.8, 4) is 0 Å². The number of Topliss-reactive ketones (excluding diaryl/α,β-unsaturated/α-hetero) is 1. The molecule has 7 nitrogen and oxygen atoms in total. The predicted octanol–water partition coefficient (Wildman–Crippen LogP) is 2.08. The van der Waals surface area contributed by atoms with Crippen molar-refractivity contribution < 1.29 is 9.72 Å². The molecular weight excluding hydrogens is 268 g/mol. The van der Waals surface area contributed by atoms with Crippen LogP contribution in [0.1, 0.15) is 17.3 Å². The Morgan fingerprint density at radius 2 is 2.21 bits per heavy atom. The molecule has 0 aliphatic heterocycles. The number of benzene rings is 1. The summed E-state index contributed by atoms with van der Waals surface area (Å²) in [5.74, 6) is -0.332. The number of carbonyl (C=O) groups excluding carboxylic acids is 1. The van der Waals surface area contributed by atoms with Crippen molar-refractivity contribution in [3.05, 3.63) is 40.2 Å². The highest BCUT2D eigenvalue weighted by Crippen LogP contribution is 2.30. The van der Waals surface area contributed by atoms with Crippen molar-refractivity contribution in [2.24, 2.45) is 7.05 Å². The molecule has 0 aliphatic rings. The zero-order chi connectivity index (χ0) is 14.0. The van der Waals surface area contributed by atoms with Gasteiger partial charge in [0.05, 0.1) is 10.5 Å². The average Bonchev–Trinajstić information content (AvgIpc) is 2.74. The Morgan fingerprint density at radius 1 is 1.47 bits per heavy atom. The van der Waals surface area contributed by atoms with Gasteiger partial charge in [-0.15, -0.1) is 10.2 Å². The number of rotatable bonds is 4. The summed E-state index contributed by atoms with van der Waals surface area (Å²) >= 11 is 1.25. The topological polar surface area (TPSA) is 90.9 Å². The van der Waals surface area contributed by atoms with Gasteiger partial charge < -0.3 is 4.57 Å². The maximum atomic E-state index is 11.3. The molecule has 0 N–H and O–H groups in total. The number of nitrogens with zero attached hydrogens (tertiary/aromatic N) is 4. The van der Waals surface area contributed by atoms with Gasteiger partial charge in [-0.2, -0.15) is 0 Å². The van der Waals surface area contributed by atoms with E-state index in [2.05, 4.69) is 10.2 Å². The molecule has 2 aromatic rings. The Kier molecular flexibility index (Phi) is 3.61.